The third kappa shape index (κ3) is 6.14. The number of amides is 2. The van der Waals surface area contributed by atoms with E-state index in [4.69, 9.17) is 0 Å². The van der Waals surface area contributed by atoms with Crippen molar-refractivity contribution in [1.29, 1.82) is 0 Å². The van der Waals surface area contributed by atoms with E-state index >= 15 is 0 Å². The van der Waals surface area contributed by atoms with Gasteiger partial charge in [0.25, 0.3) is 10.0 Å². The molecule has 1 atom stereocenters. The maximum Gasteiger partial charge on any atom is 0.262 e. The maximum atomic E-state index is 13.3. The molecule has 12 nitrogen and oxygen atoms in total. The van der Waals surface area contributed by atoms with Crippen LogP contribution < -0.4 is 10.2 Å². The number of anilines is 1. The van der Waals surface area contributed by atoms with Crippen molar-refractivity contribution in [2.24, 2.45) is 13.0 Å². The summed E-state index contributed by atoms with van der Waals surface area (Å²) in [6.07, 6.45) is 7.95. The molecule has 2 aliphatic heterocycles. The molecule has 0 aromatic carbocycles. The Labute approximate surface area is 205 Å². The van der Waals surface area contributed by atoms with Crippen molar-refractivity contribution in [3.63, 3.8) is 0 Å². The highest BCUT2D eigenvalue weighted by Gasteiger charge is 2.31. The Bertz CT molecular complexity index is 1120. The van der Waals surface area contributed by atoms with E-state index in [-0.39, 0.29) is 42.3 Å². The first kappa shape index (κ1) is 25.0. The zero-order valence-corrected chi connectivity index (χ0v) is 20.7. The number of sulfonamides is 1. The second kappa shape index (κ2) is 11.1. The molecule has 13 heteroatoms. The van der Waals surface area contributed by atoms with Gasteiger partial charge in [-0.1, -0.05) is 0 Å². The van der Waals surface area contributed by atoms with Crippen molar-refractivity contribution in [1.82, 2.24) is 34.0 Å². The number of nitrogens with zero attached hydrogens (tertiary/aromatic N) is 7. The van der Waals surface area contributed by atoms with E-state index in [1.165, 1.54) is 16.8 Å². The van der Waals surface area contributed by atoms with E-state index in [2.05, 4.69) is 25.2 Å². The quantitative estimate of drug-likeness (QED) is 0.608. The number of carbonyl (C=O) groups is 2. The van der Waals surface area contributed by atoms with Crippen LogP contribution in [0.1, 0.15) is 25.7 Å². The van der Waals surface area contributed by atoms with Crippen LogP contribution in [0.4, 0.5) is 5.95 Å². The second-order valence-corrected chi connectivity index (χ2v) is 10.8. The number of rotatable bonds is 4. The molecule has 2 saturated heterocycles. The molecule has 1 unspecified atom stereocenters. The Morgan fingerprint density at radius 2 is 1.77 bits per heavy atom. The van der Waals surface area contributed by atoms with Gasteiger partial charge in [0.2, 0.25) is 17.8 Å². The molecular weight excluding hydrogens is 472 g/mol. The minimum atomic E-state index is -3.83. The normalized spacial score (nSPS) is 21.3. The Kier molecular flexibility index (Phi) is 7.96. The van der Waals surface area contributed by atoms with Crippen LogP contribution in [0.3, 0.4) is 0 Å². The fourth-order valence-electron chi connectivity index (χ4n) is 4.45. The van der Waals surface area contributed by atoms with Gasteiger partial charge in [0.05, 0.1) is 6.33 Å². The van der Waals surface area contributed by atoms with Gasteiger partial charge in [0.15, 0.2) is 5.03 Å². The van der Waals surface area contributed by atoms with Gasteiger partial charge in [-0.15, -0.1) is 0 Å². The zero-order chi connectivity index (χ0) is 24.8. The molecule has 35 heavy (non-hydrogen) atoms. The smallest absolute Gasteiger partial charge is 0.262 e. The van der Waals surface area contributed by atoms with Crippen LogP contribution in [0.5, 0.6) is 0 Å². The average molecular weight is 505 g/mol. The van der Waals surface area contributed by atoms with Crippen molar-refractivity contribution < 1.29 is 18.0 Å². The molecule has 2 aromatic heterocycles. The lowest BCUT2D eigenvalue weighted by atomic mass is 9.97. The summed E-state index contributed by atoms with van der Waals surface area (Å²) in [5.41, 5.74) is 0. The molecule has 0 aliphatic carbocycles. The predicted molar refractivity (Wildman–Crippen MR) is 128 cm³/mol. The fourth-order valence-corrected chi connectivity index (χ4v) is 5.90. The molecule has 1 N–H and O–H groups in total. The summed E-state index contributed by atoms with van der Waals surface area (Å²) in [5.74, 6) is 0.195. The van der Waals surface area contributed by atoms with Gasteiger partial charge in [0.1, 0.15) is 0 Å². The van der Waals surface area contributed by atoms with Crippen molar-refractivity contribution >= 4 is 27.8 Å². The molecule has 4 rings (SSSR count). The predicted octanol–water partition coefficient (Wildman–Crippen LogP) is -0.144. The summed E-state index contributed by atoms with van der Waals surface area (Å²) in [7, 11) is -2.12. The molecule has 0 spiro atoms. The summed E-state index contributed by atoms with van der Waals surface area (Å²) >= 11 is 0. The summed E-state index contributed by atoms with van der Waals surface area (Å²) in [4.78, 5) is 42.1. The molecule has 0 bridgehead atoms. The highest BCUT2D eigenvalue weighted by Crippen LogP contribution is 2.21. The van der Waals surface area contributed by atoms with Crippen LogP contribution in [0.15, 0.2) is 36.0 Å². The van der Waals surface area contributed by atoms with Crippen LogP contribution in [0.25, 0.3) is 0 Å². The Hall–Kier alpha value is -3.06. The standard InChI is InChI=1S/C22H32N8O4S/c1-27-16-20(26-17-27)35(33,34)30-10-2-4-18(5-9-23-19(31)6-11-30)21(32)28-12-14-29(15-13-28)22-24-7-3-8-25-22/h3,7-8,16-18H,2,4-6,9-15H2,1H3,(H,23,31). The van der Waals surface area contributed by atoms with Gasteiger partial charge < -0.3 is 19.7 Å². The summed E-state index contributed by atoms with van der Waals surface area (Å²) in [6, 6.07) is 1.77. The number of aryl methyl sites for hydroxylation is 1. The monoisotopic (exact) mass is 504 g/mol. The van der Waals surface area contributed by atoms with Gasteiger partial charge in [-0.3, -0.25) is 9.59 Å². The third-order valence-corrected chi connectivity index (χ3v) is 8.21. The summed E-state index contributed by atoms with van der Waals surface area (Å²) in [5, 5.41) is 2.80. The molecular formula is C22H32N8O4S. The lowest BCUT2D eigenvalue weighted by Gasteiger charge is -2.36. The fraction of sp³-hybridized carbons (Fsp3) is 0.591. The molecule has 4 heterocycles. The van der Waals surface area contributed by atoms with Gasteiger partial charge in [-0.2, -0.15) is 4.31 Å². The van der Waals surface area contributed by atoms with Crippen molar-refractivity contribution in [2.75, 3.05) is 50.7 Å². The minimum Gasteiger partial charge on any atom is -0.356 e. The Morgan fingerprint density at radius 1 is 1.03 bits per heavy atom. The van der Waals surface area contributed by atoms with E-state index in [0.29, 0.717) is 57.9 Å². The van der Waals surface area contributed by atoms with E-state index in [0.717, 1.165) is 0 Å². The Balaban J connectivity index is 1.39. The molecule has 2 amide bonds. The zero-order valence-electron chi connectivity index (χ0n) is 19.9. The highest BCUT2D eigenvalue weighted by atomic mass is 32.2. The molecule has 2 aromatic rings. The second-order valence-electron chi connectivity index (χ2n) is 8.87. The van der Waals surface area contributed by atoms with Crippen LogP contribution in [0, 0.1) is 5.92 Å². The first-order valence-corrected chi connectivity index (χ1v) is 13.3. The summed E-state index contributed by atoms with van der Waals surface area (Å²) in [6.45, 7) is 3.13. The largest absolute Gasteiger partial charge is 0.356 e. The van der Waals surface area contributed by atoms with E-state index in [9.17, 15) is 18.0 Å². The average Bonchev–Trinajstić information content (AvgIpc) is 3.30. The number of imidazole rings is 1. The first-order chi connectivity index (χ1) is 16.8. The van der Waals surface area contributed by atoms with E-state index in [1.54, 1.807) is 30.1 Å². The lowest BCUT2D eigenvalue weighted by molar-refractivity contribution is -0.136. The van der Waals surface area contributed by atoms with Gasteiger partial charge in [-0.25, -0.2) is 23.4 Å². The van der Waals surface area contributed by atoms with Crippen LogP contribution in [-0.2, 0) is 26.7 Å². The minimum absolute atomic E-state index is 0.0387. The summed E-state index contributed by atoms with van der Waals surface area (Å²) < 4.78 is 29.1. The molecule has 2 aliphatic rings. The molecule has 0 saturated carbocycles. The van der Waals surface area contributed by atoms with Crippen LogP contribution >= 0.6 is 0 Å². The number of nitrogens with one attached hydrogen (secondary N) is 1. The van der Waals surface area contributed by atoms with E-state index < -0.39 is 10.0 Å². The number of aromatic nitrogens is 4. The topological polar surface area (TPSA) is 134 Å². The number of hydrogen-bond acceptors (Lipinski definition) is 8. The van der Waals surface area contributed by atoms with Crippen molar-refractivity contribution in [3.05, 3.63) is 31.0 Å². The van der Waals surface area contributed by atoms with Crippen LogP contribution in [-0.4, -0.2) is 94.8 Å². The molecule has 2 fully saturated rings. The number of hydrogen-bond donors (Lipinski definition) is 1. The van der Waals surface area contributed by atoms with E-state index in [1.807, 2.05) is 4.90 Å². The number of piperazine rings is 1. The third-order valence-electron chi connectivity index (χ3n) is 6.42. The van der Waals surface area contributed by atoms with Gasteiger partial charge >= 0.3 is 0 Å². The SMILES string of the molecule is Cn1cnc(S(=O)(=O)N2CCCC(C(=O)N3CCN(c4ncccn4)CC3)CCNC(=O)CC2)c1. The highest BCUT2D eigenvalue weighted by molar-refractivity contribution is 7.89. The Morgan fingerprint density at radius 3 is 2.46 bits per heavy atom. The van der Waals surface area contributed by atoms with Crippen molar-refractivity contribution in [3.8, 4) is 0 Å². The number of carbonyl (C=O) groups excluding carboxylic acids is 2. The molecule has 0 radical (unpaired) electrons. The maximum absolute atomic E-state index is 13.3. The van der Waals surface area contributed by atoms with Gasteiger partial charge in [0, 0.05) is 83.8 Å². The lowest BCUT2D eigenvalue weighted by Crippen LogP contribution is -2.51. The first-order valence-electron chi connectivity index (χ1n) is 11.9. The van der Waals surface area contributed by atoms with Crippen LogP contribution in [0.2, 0.25) is 0 Å². The van der Waals surface area contributed by atoms with Gasteiger partial charge in [-0.05, 0) is 25.3 Å². The molecule has 190 valence electrons. The van der Waals surface area contributed by atoms with Crippen molar-refractivity contribution in [2.45, 2.75) is 30.7 Å².